The molecule has 1 aromatic carbocycles. The maximum atomic E-state index is 6.04. The zero-order valence-electron chi connectivity index (χ0n) is 15.2. The molecule has 0 spiro atoms. The van der Waals surface area contributed by atoms with Crippen molar-refractivity contribution in [3.8, 4) is 22.6 Å². The SMILES string of the molecule is CNc1nc(N)nc(C)c1-c1ccc(OC)c(OCC2CN(C)C2)c1. The van der Waals surface area contributed by atoms with Gasteiger partial charge < -0.3 is 25.4 Å². The minimum Gasteiger partial charge on any atom is -0.493 e. The number of nitrogens with one attached hydrogen (secondary N) is 1. The summed E-state index contributed by atoms with van der Waals surface area (Å²) < 4.78 is 11.5. The summed E-state index contributed by atoms with van der Waals surface area (Å²) in [5.74, 6) is 2.96. The number of hydrogen-bond acceptors (Lipinski definition) is 7. The topological polar surface area (TPSA) is 85.5 Å². The van der Waals surface area contributed by atoms with Crippen LogP contribution in [0.5, 0.6) is 11.5 Å². The molecule has 1 aliphatic rings. The van der Waals surface area contributed by atoms with Crippen LogP contribution in [-0.2, 0) is 0 Å². The van der Waals surface area contributed by atoms with E-state index in [2.05, 4.69) is 27.2 Å². The van der Waals surface area contributed by atoms with Gasteiger partial charge in [0.2, 0.25) is 5.95 Å². The van der Waals surface area contributed by atoms with Gasteiger partial charge in [0.05, 0.1) is 19.4 Å². The molecule has 3 N–H and O–H groups in total. The van der Waals surface area contributed by atoms with Crippen molar-refractivity contribution in [2.45, 2.75) is 6.92 Å². The number of nitrogens with two attached hydrogens (primary N) is 1. The van der Waals surface area contributed by atoms with Crippen LogP contribution in [0.15, 0.2) is 18.2 Å². The van der Waals surface area contributed by atoms with Gasteiger partial charge in [-0.05, 0) is 31.7 Å². The first kappa shape index (κ1) is 17.3. The van der Waals surface area contributed by atoms with E-state index in [0.29, 0.717) is 18.3 Å². The molecule has 1 aliphatic heterocycles. The van der Waals surface area contributed by atoms with Crippen molar-refractivity contribution in [1.29, 1.82) is 0 Å². The fraction of sp³-hybridized carbons (Fsp3) is 0.444. The van der Waals surface area contributed by atoms with Crippen LogP contribution in [0, 0.1) is 12.8 Å². The number of rotatable bonds is 6. The fourth-order valence-corrected chi connectivity index (χ4v) is 3.21. The summed E-state index contributed by atoms with van der Waals surface area (Å²) >= 11 is 0. The smallest absolute Gasteiger partial charge is 0.222 e. The summed E-state index contributed by atoms with van der Waals surface area (Å²) in [6, 6.07) is 5.86. The monoisotopic (exact) mass is 343 g/mol. The molecule has 1 saturated heterocycles. The van der Waals surface area contributed by atoms with Crippen molar-refractivity contribution in [3.05, 3.63) is 23.9 Å². The summed E-state index contributed by atoms with van der Waals surface area (Å²) in [6.07, 6.45) is 0. The minimum absolute atomic E-state index is 0.254. The van der Waals surface area contributed by atoms with Gasteiger partial charge in [-0.1, -0.05) is 6.07 Å². The average Bonchev–Trinajstić information content (AvgIpc) is 2.56. The molecule has 134 valence electrons. The maximum Gasteiger partial charge on any atom is 0.222 e. The molecular formula is C18H25N5O2. The molecule has 7 heteroatoms. The van der Waals surface area contributed by atoms with Crippen LogP contribution in [0.25, 0.3) is 11.1 Å². The summed E-state index contributed by atoms with van der Waals surface area (Å²) in [5, 5.41) is 3.09. The molecule has 25 heavy (non-hydrogen) atoms. The molecule has 7 nitrogen and oxygen atoms in total. The van der Waals surface area contributed by atoms with Gasteiger partial charge in [0.1, 0.15) is 5.82 Å². The van der Waals surface area contributed by atoms with E-state index in [-0.39, 0.29) is 5.95 Å². The van der Waals surface area contributed by atoms with Crippen molar-refractivity contribution in [3.63, 3.8) is 0 Å². The van der Waals surface area contributed by atoms with Gasteiger partial charge in [-0.3, -0.25) is 0 Å². The van der Waals surface area contributed by atoms with Crippen molar-refractivity contribution in [2.24, 2.45) is 5.92 Å². The Labute approximate surface area is 148 Å². The lowest BCUT2D eigenvalue weighted by molar-refractivity contribution is 0.0845. The Morgan fingerprint density at radius 3 is 2.68 bits per heavy atom. The van der Waals surface area contributed by atoms with Gasteiger partial charge in [-0.15, -0.1) is 0 Å². The molecule has 2 heterocycles. The second-order valence-electron chi connectivity index (χ2n) is 6.40. The molecule has 1 aromatic heterocycles. The molecule has 1 fully saturated rings. The second kappa shape index (κ2) is 7.14. The number of benzene rings is 1. The lowest BCUT2D eigenvalue weighted by Gasteiger charge is -2.35. The molecule has 0 amide bonds. The van der Waals surface area contributed by atoms with Crippen LogP contribution in [-0.4, -0.2) is 55.8 Å². The molecule has 0 bridgehead atoms. The number of nitrogen functional groups attached to an aromatic ring is 1. The molecule has 3 rings (SSSR count). The first-order valence-electron chi connectivity index (χ1n) is 8.33. The van der Waals surface area contributed by atoms with Gasteiger partial charge >= 0.3 is 0 Å². The van der Waals surface area contributed by atoms with Crippen LogP contribution in [0.2, 0.25) is 0 Å². The number of likely N-dealkylation sites (tertiary alicyclic amines) is 1. The fourth-order valence-electron chi connectivity index (χ4n) is 3.21. The zero-order valence-corrected chi connectivity index (χ0v) is 15.2. The van der Waals surface area contributed by atoms with Crippen LogP contribution < -0.4 is 20.5 Å². The van der Waals surface area contributed by atoms with E-state index in [1.165, 1.54) is 0 Å². The Balaban J connectivity index is 1.91. The van der Waals surface area contributed by atoms with E-state index in [1.54, 1.807) is 7.11 Å². The Morgan fingerprint density at radius 1 is 1.28 bits per heavy atom. The number of aryl methyl sites for hydroxylation is 1. The van der Waals surface area contributed by atoms with Crippen molar-refractivity contribution in [1.82, 2.24) is 14.9 Å². The van der Waals surface area contributed by atoms with E-state index in [1.807, 2.05) is 32.2 Å². The standard InChI is InChI=1S/C18H25N5O2/c1-11-16(17(20-2)22-18(19)21-11)13-5-6-14(24-4)15(7-13)25-10-12-8-23(3)9-12/h5-7,12H,8-10H2,1-4H3,(H3,19,20,21,22). The minimum atomic E-state index is 0.254. The lowest BCUT2D eigenvalue weighted by atomic mass is 10.0. The third-order valence-electron chi connectivity index (χ3n) is 4.41. The van der Waals surface area contributed by atoms with Gasteiger partial charge in [0, 0.05) is 31.6 Å². The van der Waals surface area contributed by atoms with Crippen LogP contribution >= 0.6 is 0 Å². The van der Waals surface area contributed by atoms with Crippen molar-refractivity contribution < 1.29 is 9.47 Å². The second-order valence-corrected chi connectivity index (χ2v) is 6.40. The summed E-state index contributed by atoms with van der Waals surface area (Å²) in [7, 11) is 5.58. The first-order valence-corrected chi connectivity index (χ1v) is 8.33. The van der Waals surface area contributed by atoms with E-state index in [0.717, 1.165) is 41.4 Å². The van der Waals surface area contributed by atoms with E-state index < -0.39 is 0 Å². The number of anilines is 2. The zero-order chi connectivity index (χ0) is 18.0. The molecule has 0 aliphatic carbocycles. The number of hydrogen-bond donors (Lipinski definition) is 2. The number of nitrogens with zero attached hydrogens (tertiary/aromatic N) is 3. The first-order chi connectivity index (χ1) is 12.0. The molecule has 0 unspecified atom stereocenters. The Morgan fingerprint density at radius 2 is 2.04 bits per heavy atom. The third-order valence-corrected chi connectivity index (χ3v) is 4.41. The lowest BCUT2D eigenvalue weighted by Crippen LogP contribution is -2.46. The molecule has 2 aromatic rings. The molecule has 0 atom stereocenters. The Kier molecular flexibility index (Phi) is 4.94. The highest BCUT2D eigenvalue weighted by atomic mass is 16.5. The summed E-state index contributed by atoms with van der Waals surface area (Å²) in [6.45, 7) is 4.73. The van der Waals surface area contributed by atoms with Gasteiger partial charge in [-0.2, -0.15) is 4.98 Å². The Bertz CT molecular complexity index is 759. The van der Waals surface area contributed by atoms with Crippen LogP contribution in [0.1, 0.15) is 5.69 Å². The predicted molar refractivity (Wildman–Crippen MR) is 99.2 cm³/mol. The van der Waals surface area contributed by atoms with Crippen molar-refractivity contribution >= 4 is 11.8 Å². The molecule has 0 radical (unpaired) electrons. The van der Waals surface area contributed by atoms with Crippen molar-refractivity contribution in [2.75, 3.05) is 52.0 Å². The molecule has 0 saturated carbocycles. The van der Waals surface area contributed by atoms with Crippen LogP contribution in [0.3, 0.4) is 0 Å². The number of methoxy groups -OCH3 is 1. The third kappa shape index (κ3) is 3.61. The highest BCUT2D eigenvalue weighted by molar-refractivity contribution is 5.79. The average molecular weight is 343 g/mol. The highest BCUT2D eigenvalue weighted by Crippen LogP contribution is 2.36. The van der Waals surface area contributed by atoms with E-state index >= 15 is 0 Å². The van der Waals surface area contributed by atoms with Gasteiger partial charge in [0.25, 0.3) is 0 Å². The summed E-state index contributed by atoms with van der Waals surface area (Å²) in [5.41, 5.74) is 8.45. The quantitative estimate of drug-likeness (QED) is 0.830. The van der Waals surface area contributed by atoms with E-state index in [4.69, 9.17) is 15.2 Å². The highest BCUT2D eigenvalue weighted by Gasteiger charge is 2.24. The predicted octanol–water partition coefficient (Wildman–Crippen LogP) is 2.02. The number of ether oxygens (including phenoxy) is 2. The molecular weight excluding hydrogens is 318 g/mol. The van der Waals surface area contributed by atoms with Crippen LogP contribution in [0.4, 0.5) is 11.8 Å². The van der Waals surface area contributed by atoms with E-state index in [9.17, 15) is 0 Å². The number of aromatic nitrogens is 2. The summed E-state index contributed by atoms with van der Waals surface area (Å²) in [4.78, 5) is 10.8. The maximum absolute atomic E-state index is 6.04. The normalized spacial score (nSPS) is 14.9. The van der Waals surface area contributed by atoms with Gasteiger partial charge in [0.15, 0.2) is 11.5 Å². The van der Waals surface area contributed by atoms with Gasteiger partial charge in [-0.25, -0.2) is 4.98 Å². The largest absolute Gasteiger partial charge is 0.493 e. The Hall–Kier alpha value is -2.54.